The number of aryl methyl sites for hydroxylation is 1. The highest BCUT2D eigenvalue weighted by atomic mass is 79.9. The van der Waals surface area contributed by atoms with Crippen LogP contribution in [0.3, 0.4) is 0 Å². The van der Waals surface area contributed by atoms with Gasteiger partial charge >= 0.3 is 0 Å². The highest BCUT2D eigenvalue weighted by molar-refractivity contribution is 9.10. The molecule has 15 heavy (non-hydrogen) atoms. The molecule has 0 aliphatic heterocycles. The van der Waals surface area contributed by atoms with E-state index < -0.39 is 10.0 Å². The standard InChI is InChI=1S/C8H11BrN2O2S2/c1-6-4-7(9)5-11-8(6)14-2-3-15(10,12)13/h4-5H,2-3H2,1H3,(H2,10,12,13). The lowest BCUT2D eigenvalue weighted by Gasteiger charge is -2.03. The lowest BCUT2D eigenvalue weighted by Crippen LogP contribution is -2.17. The van der Waals surface area contributed by atoms with Crippen molar-refractivity contribution in [3.63, 3.8) is 0 Å². The molecule has 0 aromatic carbocycles. The van der Waals surface area contributed by atoms with Crippen molar-refractivity contribution >= 4 is 37.7 Å². The molecule has 84 valence electrons. The summed E-state index contributed by atoms with van der Waals surface area (Å²) in [5, 5.41) is 5.73. The first-order chi connectivity index (χ1) is 6.88. The number of rotatable bonds is 4. The van der Waals surface area contributed by atoms with Crippen LogP contribution in [0.1, 0.15) is 5.56 Å². The summed E-state index contributed by atoms with van der Waals surface area (Å²) in [7, 11) is -3.37. The maximum absolute atomic E-state index is 10.7. The average Bonchev–Trinajstić information content (AvgIpc) is 2.07. The number of pyridine rings is 1. The Morgan fingerprint density at radius 3 is 2.80 bits per heavy atom. The van der Waals surface area contributed by atoms with Gasteiger partial charge in [-0.25, -0.2) is 18.5 Å². The van der Waals surface area contributed by atoms with Crippen molar-refractivity contribution in [3.8, 4) is 0 Å². The van der Waals surface area contributed by atoms with Crippen LogP contribution < -0.4 is 5.14 Å². The maximum atomic E-state index is 10.7. The molecule has 1 aromatic rings. The molecule has 7 heteroatoms. The Kier molecular flexibility index (Phi) is 4.57. The number of thioether (sulfide) groups is 1. The van der Waals surface area contributed by atoms with Gasteiger partial charge in [0.1, 0.15) is 0 Å². The Morgan fingerprint density at radius 1 is 1.60 bits per heavy atom. The predicted molar refractivity (Wildman–Crippen MR) is 65.4 cm³/mol. The van der Waals surface area contributed by atoms with Gasteiger partial charge in [-0.2, -0.15) is 0 Å². The first-order valence-electron chi connectivity index (χ1n) is 4.14. The van der Waals surface area contributed by atoms with Crippen molar-refractivity contribution in [2.24, 2.45) is 5.14 Å². The number of hydrogen-bond donors (Lipinski definition) is 1. The van der Waals surface area contributed by atoms with Gasteiger partial charge < -0.3 is 0 Å². The van der Waals surface area contributed by atoms with Crippen LogP contribution in [0.25, 0.3) is 0 Å². The Bertz CT molecular complexity index is 448. The minimum Gasteiger partial charge on any atom is -0.248 e. The summed E-state index contributed by atoms with van der Waals surface area (Å²) < 4.78 is 22.3. The van der Waals surface area contributed by atoms with E-state index in [4.69, 9.17) is 5.14 Å². The van der Waals surface area contributed by atoms with Crippen molar-refractivity contribution in [1.82, 2.24) is 4.98 Å². The van der Waals surface area contributed by atoms with Crippen molar-refractivity contribution in [2.45, 2.75) is 11.9 Å². The zero-order valence-corrected chi connectivity index (χ0v) is 11.3. The number of nitrogens with zero attached hydrogens (tertiary/aromatic N) is 1. The summed E-state index contributed by atoms with van der Waals surface area (Å²) in [5.74, 6) is 0.392. The number of nitrogens with two attached hydrogens (primary N) is 1. The Morgan fingerprint density at radius 2 is 2.27 bits per heavy atom. The fourth-order valence-corrected chi connectivity index (χ4v) is 3.25. The highest BCUT2D eigenvalue weighted by Crippen LogP contribution is 2.22. The Hall–Kier alpha value is -0.110. The van der Waals surface area contributed by atoms with Crippen molar-refractivity contribution < 1.29 is 8.42 Å². The van der Waals surface area contributed by atoms with E-state index in [2.05, 4.69) is 20.9 Å². The van der Waals surface area contributed by atoms with Gasteiger partial charge in [0.2, 0.25) is 10.0 Å². The molecule has 1 heterocycles. The number of hydrogen-bond acceptors (Lipinski definition) is 4. The van der Waals surface area contributed by atoms with E-state index in [0.29, 0.717) is 5.75 Å². The second kappa shape index (κ2) is 5.29. The van der Waals surface area contributed by atoms with Gasteiger partial charge in [0, 0.05) is 16.4 Å². The number of halogens is 1. The van der Waals surface area contributed by atoms with Crippen LogP contribution in [-0.4, -0.2) is 24.9 Å². The first-order valence-corrected chi connectivity index (χ1v) is 7.63. The summed E-state index contributed by atoms with van der Waals surface area (Å²) in [6.07, 6.45) is 1.69. The second-order valence-corrected chi connectivity index (χ2v) is 6.72. The Balaban J connectivity index is 2.59. The lowest BCUT2D eigenvalue weighted by atomic mass is 10.3. The van der Waals surface area contributed by atoms with E-state index in [1.807, 2.05) is 13.0 Å². The third kappa shape index (κ3) is 4.96. The molecule has 0 atom stereocenters. The third-order valence-corrected chi connectivity index (χ3v) is 4.18. The molecule has 0 aliphatic carbocycles. The van der Waals surface area contributed by atoms with E-state index in [-0.39, 0.29) is 5.75 Å². The quantitative estimate of drug-likeness (QED) is 0.856. The molecule has 1 rings (SSSR count). The smallest absolute Gasteiger partial charge is 0.209 e. The van der Waals surface area contributed by atoms with Crippen LogP contribution in [-0.2, 0) is 10.0 Å². The van der Waals surface area contributed by atoms with E-state index in [9.17, 15) is 8.42 Å². The highest BCUT2D eigenvalue weighted by Gasteiger charge is 2.05. The monoisotopic (exact) mass is 310 g/mol. The Labute approximate surface area is 102 Å². The van der Waals surface area contributed by atoms with Gasteiger partial charge in [-0.05, 0) is 34.5 Å². The second-order valence-electron chi connectivity index (χ2n) is 2.99. The topological polar surface area (TPSA) is 73.0 Å². The van der Waals surface area contributed by atoms with E-state index in [0.717, 1.165) is 15.1 Å². The summed E-state index contributed by atoms with van der Waals surface area (Å²) in [4.78, 5) is 4.18. The summed E-state index contributed by atoms with van der Waals surface area (Å²) in [6, 6.07) is 1.94. The predicted octanol–water partition coefficient (Wildman–Crippen LogP) is 1.53. The van der Waals surface area contributed by atoms with Gasteiger partial charge in [0.15, 0.2) is 0 Å². The minimum atomic E-state index is -3.37. The summed E-state index contributed by atoms with van der Waals surface area (Å²) in [6.45, 7) is 1.93. The van der Waals surface area contributed by atoms with Crippen molar-refractivity contribution in [2.75, 3.05) is 11.5 Å². The average molecular weight is 311 g/mol. The van der Waals surface area contributed by atoms with Gasteiger partial charge in [0.25, 0.3) is 0 Å². The van der Waals surface area contributed by atoms with Gasteiger partial charge in [0.05, 0.1) is 10.8 Å². The summed E-state index contributed by atoms with van der Waals surface area (Å²) in [5.41, 5.74) is 1.02. The van der Waals surface area contributed by atoms with Crippen LogP contribution in [0.4, 0.5) is 0 Å². The molecule has 0 spiro atoms. The molecule has 0 radical (unpaired) electrons. The molecule has 4 nitrogen and oxygen atoms in total. The van der Waals surface area contributed by atoms with Crippen LogP contribution in [0.15, 0.2) is 21.8 Å². The SMILES string of the molecule is Cc1cc(Br)cnc1SCCS(N)(=O)=O. The maximum Gasteiger partial charge on any atom is 0.209 e. The molecule has 2 N–H and O–H groups in total. The van der Waals surface area contributed by atoms with Crippen molar-refractivity contribution in [1.29, 1.82) is 0 Å². The molecule has 0 amide bonds. The van der Waals surface area contributed by atoms with Gasteiger partial charge in [-0.3, -0.25) is 0 Å². The number of aromatic nitrogens is 1. The van der Waals surface area contributed by atoms with Crippen LogP contribution in [0.2, 0.25) is 0 Å². The molecule has 0 bridgehead atoms. The fraction of sp³-hybridized carbons (Fsp3) is 0.375. The molecular weight excluding hydrogens is 300 g/mol. The zero-order chi connectivity index (χ0) is 11.5. The molecule has 1 aromatic heterocycles. The van der Waals surface area contributed by atoms with Crippen LogP contribution in [0.5, 0.6) is 0 Å². The molecule has 0 aliphatic rings. The van der Waals surface area contributed by atoms with Gasteiger partial charge in [-0.15, -0.1) is 11.8 Å². The molecule has 0 unspecified atom stereocenters. The third-order valence-electron chi connectivity index (χ3n) is 1.60. The van der Waals surface area contributed by atoms with Crippen LogP contribution >= 0.6 is 27.7 Å². The molecule has 0 saturated heterocycles. The van der Waals surface area contributed by atoms with E-state index >= 15 is 0 Å². The van der Waals surface area contributed by atoms with E-state index in [1.54, 1.807) is 6.20 Å². The van der Waals surface area contributed by atoms with E-state index in [1.165, 1.54) is 11.8 Å². The zero-order valence-electron chi connectivity index (χ0n) is 8.10. The van der Waals surface area contributed by atoms with Crippen molar-refractivity contribution in [3.05, 3.63) is 22.3 Å². The fourth-order valence-electron chi connectivity index (χ4n) is 0.934. The lowest BCUT2D eigenvalue weighted by molar-refractivity contribution is 0.599. The largest absolute Gasteiger partial charge is 0.248 e. The van der Waals surface area contributed by atoms with Gasteiger partial charge in [-0.1, -0.05) is 0 Å². The van der Waals surface area contributed by atoms with Crippen LogP contribution in [0, 0.1) is 6.92 Å². The molecule has 0 saturated carbocycles. The minimum absolute atomic E-state index is 0.0329. The molecule has 0 fully saturated rings. The normalized spacial score (nSPS) is 11.7. The number of primary sulfonamides is 1. The first kappa shape index (κ1) is 13.0. The molecular formula is C8H11BrN2O2S2. The summed E-state index contributed by atoms with van der Waals surface area (Å²) >= 11 is 4.70. The number of sulfonamides is 1.